The van der Waals surface area contributed by atoms with Crippen molar-refractivity contribution in [3.63, 3.8) is 0 Å². The van der Waals surface area contributed by atoms with E-state index < -0.39 is 6.10 Å². The van der Waals surface area contributed by atoms with Crippen molar-refractivity contribution >= 4 is 17.6 Å². The minimum absolute atomic E-state index is 0.152. The summed E-state index contributed by atoms with van der Waals surface area (Å²) in [5.41, 5.74) is 0. The van der Waals surface area contributed by atoms with Crippen LogP contribution in [-0.4, -0.2) is 29.7 Å². The Morgan fingerprint density at radius 2 is 1.88 bits per heavy atom. The van der Waals surface area contributed by atoms with E-state index in [4.69, 9.17) is 21.4 Å². The Morgan fingerprint density at radius 3 is 2.44 bits per heavy atom. The summed E-state index contributed by atoms with van der Waals surface area (Å²) in [6.07, 6.45) is 6.74. The van der Waals surface area contributed by atoms with Crippen LogP contribution in [0.3, 0.4) is 0 Å². The maximum Gasteiger partial charge on any atom is 0.306 e. The molecule has 0 aliphatic carbocycles. The van der Waals surface area contributed by atoms with Crippen molar-refractivity contribution in [1.29, 1.82) is 0 Å². The van der Waals surface area contributed by atoms with Crippen LogP contribution < -0.4 is 0 Å². The summed E-state index contributed by atoms with van der Waals surface area (Å²) in [7, 11) is 0. The Bertz CT molecular complexity index is 170. The van der Waals surface area contributed by atoms with Gasteiger partial charge >= 0.3 is 5.97 Å². The summed E-state index contributed by atoms with van der Waals surface area (Å²) in [5.74, 6) is -0.103. The van der Waals surface area contributed by atoms with Gasteiger partial charge < -0.3 is 9.84 Å². The topological polar surface area (TPSA) is 46.5 Å². The fourth-order valence-corrected chi connectivity index (χ4v) is 1.57. The van der Waals surface area contributed by atoms with Crippen molar-refractivity contribution in [1.82, 2.24) is 0 Å². The van der Waals surface area contributed by atoms with E-state index in [1.807, 2.05) is 0 Å². The highest BCUT2D eigenvalue weighted by molar-refractivity contribution is 6.18. The van der Waals surface area contributed by atoms with Crippen LogP contribution in [0.25, 0.3) is 0 Å². The molecular formula is C12H23ClO3. The predicted octanol–water partition coefficient (Wildman–Crippen LogP) is 2.88. The van der Waals surface area contributed by atoms with Gasteiger partial charge in [0.1, 0.15) is 6.10 Å². The molecule has 0 heterocycles. The maximum absolute atomic E-state index is 11.3. The molecule has 0 saturated carbocycles. The minimum atomic E-state index is -0.547. The first kappa shape index (κ1) is 15.7. The van der Waals surface area contributed by atoms with Crippen LogP contribution in [0.15, 0.2) is 0 Å². The molecule has 3 nitrogen and oxygen atoms in total. The molecule has 16 heavy (non-hydrogen) atoms. The first-order chi connectivity index (χ1) is 7.74. The van der Waals surface area contributed by atoms with Crippen molar-refractivity contribution < 1.29 is 14.6 Å². The van der Waals surface area contributed by atoms with Gasteiger partial charge in [0.2, 0.25) is 0 Å². The number of carbonyl (C=O) groups is 1. The lowest BCUT2D eigenvalue weighted by Crippen LogP contribution is -2.23. The van der Waals surface area contributed by atoms with Crippen LogP contribution in [0.4, 0.5) is 0 Å². The molecule has 0 fully saturated rings. The van der Waals surface area contributed by atoms with Crippen LogP contribution in [0, 0.1) is 0 Å². The number of carbonyl (C=O) groups excluding carboxylic acids is 1. The standard InChI is InChI=1S/C12H23ClO3/c1-2-3-4-5-6-7-8-12(15)16-11(9-13)10-14/h11,14H,2-10H2,1H3. The Hall–Kier alpha value is -0.280. The summed E-state index contributed by atoms with van der Waals surface area (Å²) < 4.78 is 4.96. The molecule has 4 heteroatoms. The minimum Gasteiger partial charge on any atom is -0.459 e. The molecule has 1 unspecified atom stereocenters. The molecule has 0 spiro atoms. The Kier molecular flexibility index (Phi) is 11.0. The van der Waals surface area contributed by atoms with E-state index in [1.54, 1.807) is 0 Å². The number of unbranched alkanes of at least 4 members (excludes halogenated alkanes) is 5. The monoisotopic (exact) mass is 250 g/mol. The highest BCUT2D eigenvalue weighted by Gasteiger charge is 2.11. The molecule has 0 saturated heterocycles. The van der Waals surface area contributed by atoms with Gasteiger partial charge in [-0.05, 0) is 6.42 Å². The van der Waals surface area contributed by atoms with Crippen LogP contribution >= 0.6 is 11.6 Å². The van der Waals surface area contributed by atoms with Gasteiger partial charge in [-0.2, -0.15) is 0 Å². The van der Waals surface area contributed by atoms with E-state index in [0.29, 0.717) is 6.42 Å². The highest BCUT2D eigenvalue weighted by atomic mass is 35.5. The van der Waals surface area contributed by atoms with E-state index in [9.17, 15) is 4.79 Å². The summed E-state index contributed by atoms with van der Waals surface area (Å²) >= 11 is 5.49. The van der Waals surface area contributed by atoms with E-state index in [2.05, 4.69) is 6.92 Å². The van der Waals surface area contributed by atoms with Crippen LogP contribution in [0.1, 0.15) is 51.9 Å². The van der Waals surface area contributed by atoms with Gasteiger partial charge in [0.25, 0.3) is 0 Å². The average molecular weight is 251 g/mol. The van der Waals surface area contributed by atoms with Crippen molar-refractivity contribution in [2.24, 2.45) is 0 Å². The van der Waals surface area contributed by atoms with Gasteiger partial charge in [-0.1, -0.05) is 39.0 Å². The van der Waals surface area contributed by atoms with Crippen molar-refractivity contribution in [3.8, 4) is 0 Å². The number of halogens is 1. The fraction of sp³-hybridized carbons (Fsp3) is 0.917. The van der Waals surface area contributed by atoms with E-state index in [-0.39, 0.29) is 18.5 Å². The average Bonchev–Trinajstić information content (AvgIpc) is 2.30. The number of aliphatic hydroxyl groups excluding tert-OH is 1. The van der Waals surface area contributed by atoms with Crippen LogP contribution in [0.2, 0.25) is 0 Å². The number of ether oxygens (including phenoxy) is 1. The Balaban J connectivity index is 3.36. The van der Waals surface area contributed by atoms with Gasteiger partial charge in [0, 0.05) is 6.42 Å². The number of hydrogen-bond acceptors (Lipinski definition) is 3. The highest BCUT2D eigenvalue weighted by Crippen LogP contribution is 2.08. The molecular weight excluding hydrogens is 228 g/mol. The zero-order valence-electron chi connectivity index (χ0n) is 10.1. The first-order valence-electron chi connectivity index (χ1n) is 6.10. The Labute approximate surface area is 103 Å². The van der Waals surface area contributed by atoms with E-state index in [1.165, 1.54) is 25.7 Å². The van der Waals surface area contributed by atoms with Gasteiger partial charge in [0.05, 0.1) is 12.5 Å². The fourth-order valence-electron chi connectivity index (χ4n) is 1.41. The zero-order valence-corrected chi connectivity index (χ0v) is 10.8. The molecule has 0 rings (SSSR count). The molecule has 0 amide bonds. The predicted molar refractivity (Wildman–Crippen MR) is 65.7 cm³/mol. The molecule has 0 bridgehead atoms. The second kappa shape index (κ2) is 11.2. The summed E-state index contributed by atoms with van der Waals surface area (Å²) in [4.78, 5) is 11.3. The quantitative estimate of drug-likeness (QED) is 0.368. The first-order valence-corrected chi connectivity index (χ1v) is 6.64. The van der Waals surface area contributed by atoms with Crippen LogP contribution in [0.5, 0.6) is 0 Å². The number of hydrogen-bond donors (Lipinski definition) is 1. The molecule has 0 aliphatic rings. The Morgan fingerprint density at radius 1 is 1.25 bits per heavy atom. The third-order valence-electron chi connectivity index (χ3n) is 2.41. The molecule has 0 aromatic carbocycles. The van der Waals surface area contributed by atoms with Crippen molar-refractivity contribution in [3.05, 3.63) is 0 Å². The molecule has 1 N–H and O–H groups in total. The molecule has 96 valence electrons. The largest absolute Gasteiger partial charge is 0.459 e. The molecule has 0 aliphatic heterocycles. The van der Waals surface area contributed by atoms with Crippen molar-refractivity contribution in [2.75, 3.05) is 12.5 Å². The molecule has 0 aromatic heterocycles. The number of esters is 1. The molecule has 1 atom stereocenters. The van der Waals surface area contributed by atoms with Gasteiger partial charge in [-0.3, -0.25) is 4.79 Å². The SMILES string of the molecule is CCCCCCCCC(=O)OC(CO)CCl. The third-order valence-corrected chi connectivity index (χ3v) is 2.75. The number of alkyl halides is 1. The van der Waals surface area contributed by atoms with Crippen molar-refractivity contribution in [2.45, 2.75) is 58.0 Å². The lowest BCUT2D eigenvalue weighted by molar-refractivity contribution is -0.149. The summed E-state index contributed by atoms with van der Waals surface area (Å²) in [6.45, 7) is 1.98. The number of rotatable bonds is 10. The smallest absolute Gasteiger partial charge is 0.306 e. The molecule has 0 radical (unpaired) electrons. The van der Waals surface area contributed by atoms with E-state index in [0.717, 1.165) is 12.8 Å². The second-order valence-electron chi connectivity index (χ2n) is 3.97. The maximum atomic E-state index is 11.3. The second-order valence-corrected chi connectivity index (χ2v) is 4.28. The van der Waals surface area contributed by atoms with Crippen LogP contribution in [-0.2, 0) is 9.53 Å². The summed E-state index contributed by atoms with van der Waals surface area (Å²) in [5, 5.41) is 8.78. The normalized spacial score (nSPS) is 12.4. The summed E-state index contributed by atoms with van der Waals surface area (Å²) in [6, 6.07) is 0. The number of aliphatic hydroxyl groups is 1. The van der Waals surface area contributed by atoms with Gasteiger partial charge in [-0.25, -0.2) is 0 Å². The zero-order chi connectivity index (χ0) is 12.2. The third kappa shape index (κ3) is 8.98. The molecule has 0 aromatic rings. The van der Waals surface area contributed by atoms with E-state index >= 15 is 0 Å². The van der Waals surface area contributed by atoms with Gasteiger partial charge in [0.15, 0.2) is 0 Å². The lowest BCUT2D eigenvalue weighted by atomic mass is 10.1. The lowest BCUT2D eigenvalue weighted by Gasteiger charge is -2.11. The van der Waals surface area contributed by atoms with Gasteiger partial charge in [-0.15, -0.1) is 11.6 Å².